The molecule has 1 aromatic carbocycles. The van der Waals surface area contributed by atoms with Gasteiger partial charge in [0.2, 0.25) is 10.0 Å². The Bertz CT molecular complexity index is 1060. The highest BCUT2D eigenvalue weighted by Gasteiger charge is 2.37. The smallest absolute Gasteiger partial charge is 0.322 e. The first-order valence-electron chi connectivity index (χ1n) is 8.75. The summed E-state index contributed by atoms with van der Waals surface area (Å²) in [6.07, 6.45) is 4.33. The van der Waals surface area contributed by atoms with Crippen LogP contribution in [0.3, 0.4) is 0 Å². The standard InChI is InChI=1S/C17H19N3O6S2.H3NO/c21-17(22)16-3-1-2-12-20(16)28(25,26)15-6-4-14(5-7-15)27(23,24)19-13-8-10-18-11-9-13;1-2/h4-11,16H,1-3,12H2,(H,18,19)(H,21,22);2H,1H2. The molecule has 0 aliphatic carbocycles. The molecule has 0 spiro atoms. The molecular weight excluding hydrogens is 436 g/mol. The molecule has 0 saturated carbocycles. The summed E-state index contributed by atoms with van der Waals surface area (Å²) in [6, 6.07) is 6.55. The third-order valence-corrected chi connectivity index (χ3v) is 7.73. The van der Waals surface area contributed by atoms with Crippen LogP contribution in [0, 0.1) is 0 Å². The largest absolute Gasteiger partial charge is 0.480 e. The Labute approximate surface area is 174 Å². The van der Waals surface area contributed by atoms with Gasteiger partial charge in [-0.15, -0.1) is 0 Å². The Morgan fingerprint density at radius 1 is 1.00 bits per heavy atom. The van der Waals surface area contributed by atoms with Crippen LogP contribution < -0.4 is 10.6 Å². The van der Waals surface area contributed by atoms with E-state index in [4.69, 9.17) is 5.21 Å². The number of sulfonamides is 2. The van der Waals surface area contributed by atoms with E-state index in [-0.39, 0.29) is 22.8 Å². The number of nitrogens with two attached hydrogens (primary N) is 1. The number of pyridine rings is 1. The van der Waals surface area contributed by atoms with Gasteiger partial charge in [0.05, 0.1) is 15.5 Å². The van der Waals surface area contributed by atoms with Gasteiger partial charge in [-0.1, -0.05) is 0 Å². The van der Waals surface area contributed by atoms with Crippen LogP contribution in [0.2, 0.25) is 0 Å². The topological polar surface area (TPSA) is 180 Å². The third-order valence-electron chi connectivity index (χ3n) is 4.41. The highest BCUT2D eigenvalue weighted by atomic mass is 32.2. The van der Waals surface area contributed by atoms with Crippen molar-refractivity contribution >= 4 is 31.7 Å². The number of carboxylic acids is 1. The first-order chi connectivity index (χ1) is 14.2. The maximum Gasteiger partial charge on any atom is 0.322 e. The molecule has 3 rings (SSSR count). The molecular formula is C17H22N4O7S2. The lowest BCUT2D eigenvalue weighted by molar-refractivity contribution is -0.142. The lowest BCUT2D eigenvalue weighted by atomic mass is 10.1. The quantitative estimate of drug-likeness (QED) is 0.456. The number of anilines is 1. The zero-order valence-electron chi connectivity index (χ0n) is 15.7. The number of carboxylic acid groups (broad SMARTS) is 1. The number of benzene rings is 1. The van der Waals surface area contributed by atoms with Crippen LogP contribution in [0.4, 0.5) is 5.69 Å². The fourth-order valence-electron chi connectivity index (χ4n) is 3.00. The number of rotatable bonds is 6. The van der Waals surface area contributed by atoms with Gasteiger partial charge in [-0.2, -0.15) is 4.31 Å². The minimum atomic E-state index is -4.05. The Morgan fingerprint density at radius 2 is 1.57 bits per heavy atom. The highest BCUT2D eigenvalue weighted by molar-refractivity contribution is 7.92. The number of aliphatic carboxylic acids is 1. The SMILES string of the molecule is NO.O=C(O)C1CCCCN1S(=O)(=O)c1ccc(S(=O)(=O)Nc2ccncc2)cc1. The summed E-state index contributed by atoms with van der Waals surface area (Å²) in [7, 11) is -7.95. The molecule has 11 nitrogen and oxygen atoms in total. The van der Waals surface area contributed by atoms with Crippen molar-refractivity contribution in [1.29, 1.82) is 0 Å². The Hall–Kier alpha value is -2.58. The zero-order valence-corrected chi connectivity index (χ0v) is 17.4. The predicted molar refractivity (Wildman–Crippen MR) is 107 cm³/mol. The second-order valence-corrected chi connectivity index (χ2v) is 9.85. The maximum atomic E-state index is 12.8. The Balaban J connectivity index is 0.00000155. The van der Waals surface area contributed by atoms with Gasteiger partial charge in [0.15, 0.2) is 0 Å². The predicted octanol–water partition coefficient (Wildman–Crippen LogP) is 0.845. The number of nitrogens with zero attached hydrogens (tertiary/aromatic N) is 2. The second kappa shape index (κ2) is 9.95. The molecule has 13 heteroatoms. The fraction of sp³-hybridized carbons (Fsp3) is 0.294. The van der Waals surface area contributed by atoms with Crippen molar-refractivity contribution in [2.75, 3.05) is 11.3 Å². The average molecular weight is 459 g/mol. The molecule has 5 N–H and O–H groups in total. The molecule has 0 radical (unpaired) electrons. The van der Waals surface area contributed by atoms with Crippen molar-refractivity contribution in [3.8, 4) is 0 Å². The van der Waals surface area contributed by atoms with E-state index in [1.54, 1.807) is 0 Å². The van der Waals surface area contributed by atoms with E-state index in [2.05, 4.69) is 15.6 Å². The Morgan fingerprint density at radius 3 is 2.13 bits per heavy atom. The van der Waals surface area contributed by atoms with Crippen LogP contribution in [0.15, 0.2) is 58.6 Å². The highest BCUT2D eigenvalue weighted by Crippen LogP contribution is 2.26. The van der Waals surface area contributed by atoms with Crippen LogP contribution in [0.5, 0.6) is 0 Å². The molecule has 0 amide bonds. The molecule has 1 unspecified atom stereocenters. The van der Waals surface area contributed by atoms with E-state index in [1.807, 2.05) is 0 Å². The summed E-state index contributed by atoms with van der Waals surface area (Å²) in [5.41, 5.74) is 0.323. The molecule has 30 heavy (non-hydrogen) atoms. The molecule has 1 atom stereocenters. The number of hydrogen-bond acceptors (Lipinski definition) is 8. The number of aromatic nitrogens is 1. The van der Waals surface area contributed by atoms with Crippen molar-refractivity contribution in [3.05, 3.63) is 48.8 Å². The summed E-state index contributed by atoms with van der Waals surface area (Å²) in [5, 5.41) is 15.8. The molecule has 2 aromatic rings. The Kier molecular flexibility index (Phi) is 7.86. The molecule has 1 aliphatic rings. The van der Waals surface area contributed by atoms with Crippen LogP contribution in [-0.2, 0) is 24.8 Å². The first-order valence-corrected chi connectivity index (χ1v) is 11.7. The zero-order chi connectivity index (χ0) is 22.4. The van der Waals surface area contributed by atoms with Gasteiger partial charge in [0.25, 0.3) is 10.0 Å². The molecule has 1 aliphatic heterocycles. The van der Waals surface area contributed by atoms with Gasteiger partial charge >= 0.3 is 5.97 Å². The molecule has 1 fully saturated rings. The van der Waals surface area contributed by atoms with Gasteiger partial charge in [0.1, 0.15) is 6.04 Å². The third kappa shape index (κ3) is 5.31. The van der Waals surface area contributed by atoms with E-state index in [0.717, 1.165) is 4.31 Å². The molecule has 1 aromatic heterocycles. The lowest BCUT2D eigenvalue weighted by Crippen LogP contribution is -2.47. The summed E-state index contributed by atoms with van der Waals surface area (Å²) in [5.74, 6) is 2.31. The van der Waals surface area contributed by atoms with E-state index in [0.29, 0.717) is 18.5 Å². The summed E-state index contributed by atoms with van der Waals surface area (Å²) >= 11 is 0. The van der Waals surface area contributed by atoms with Crippen LogP contribution >= 0.6 is 0 Å². The number of piperidine rings is 1. The van der Waals surface area contributed by atoms with Gasteiger partial charge in [0, 0.05) is 18.9 Å². The molecule has 164 valence electrons. The number of nitrogens with one attached hydrogen (secondary N) is 1. The van der Waals surface area contributed by atoms with E-state index >= 15 is 0 Å². The van der Waals surface area contributed by atoms with E-state index < -0.39 is 32.1 Å². The van der Waals surface area contributed by atoms with Crippen molar-refractivity contribution in [2.45, 2.75) is 35.1 Å². The van der Waals surface area contributed by atoms with Crippen LogP contribution in [0.1, 0.15) is 19.3 Å². The van der Waals surface area contributed by atoms with Gasteiger partial charge in [-0.3, -0.25) is 14.5 Å². The van der Waals surface area contributed by atoms with Gasteiger partial charge < -0.3 is 10.3 Å². The minimum absolute atomic E-state index is 0.114. The summed E-state index contributed by atoms with van der Waals surface area (Å²) in [6.45, 7) is 0.114. The van der Waals surface area contributed by atoms with E-state index in [9.17, 15) is 26.7 Å². The maximum absolute atomic E-state index is 12.8. The van der Waals surface area contributed by atoms with Crippen molar-refractivity contribution in [1.82, 2.24) is 9.29 Å². The van der Waals surface area contributed by atoms with Crippen LogP contribution in [-0.4, -0.2) is 55.0 Å². The molecule has 2 heterocycles. The summed E-state index contributed by atoms with van der Waals surface area (Å²) in [4.78, 5) is 14.9. The normalized spacial score (nSPS) is 17.5. The molecule has 0 bridgehead atoms. The van der Waals surface area contributed by atoms with Crippen molar-refractivity contribution in [2.24, 2.45) is 5.90 Å². The summed E-state index contributed by atoms with van der Waals surface area (Å²) < 4.78 is 53.9. The first kappa shape index (κ1) is 23.7. The second-order valence-electron chi connectivity index (χ2n) is 6.28. The monoisotopic (exact) mass is 458 g/mol. The van der Waals surface area contributed by atoms with Gasteiger partial charge in [-0.25, -0.2) is 22.7 Å². The molecule has 1 saturated heterocycles. The number of carbonyl (C=O) groups is 1. The average Bonchev–Trinajstić information content (AvgIpc) is 2.75. The lowest BCUT2D eigenvalue weighted by Gasteiger charge is -2.31. The number of hydrogen-bond donors (Lipinski definition) is 4. The minimum Gasteiger partial charge on any atom is -0.480 e. The van der Waals surface area contributed by atoms with E-state index in [1.165, 1.54) is 48.8 Å². The van der Waals surface area contributed by atoms with Crippen molar-refractivity contribution in [3.63, 3.8) is 0 Å². The van der Waals surface area contributed by atoms with Crippen LogP contribution in [0.25, 0.3) is 0 Å². The van der Waals surface area contributed by atoms with Crippen molar-refractivity contribution < 1.29 is 31.9 Å². The van der Waals surface area contributed by atoms with Gasteiger partial charge in [-0.05, 0) is 55.7 Å². The fourth-order valence-corrected chi connectivity index (χ4v) is 5.71.